The number of nitrogens with zero attached hydrogens (tertiary/aromatic N) is 1. The van der Waals surface area contributed by atoms with Crippen LogP contribution in [0.2, 0.25) is 0 Å². The Morgan fingerprint density at radius 1 is 1.14 bits per heavy atom. The Labute approximate surface area is 178 Å². The van der Waals surface area contributed by atoms with E-state index in [1.165, 1.54) is 12.1 Å². The number of rotatable bonds is 6. The number of carbonyl (C=O) groups is 2. The van der Waals surface area contributed by atoms with Crippen molar-refractivity contribution in [1.29, 1.82) is 0 Å². The van der Waals surface area contributed by atoms with Crippen molar-refractivity contribution >= 4 is 39.6 Å². The van der Waals surface area contributed by atoms with Crippen molar-refractivity contribution in [1.82, 2.24) is 0 Å². The minimum atomic E-state index is -1.03. The van der Waals surface area contributed by atoms with Crippen LogP contribution in [0.5, 0.6) is 0 Å². The van der Waals surface area contributed by atoms with Gasteiger partial charge >= 0.3 is 5.97 Å². The van der Waals surface area contributed by atoms with Gasteiger partial charge in [0.25, 0.3) is 0 Å². The molecule has 0 bridgehead atoms. The van der Waals surface area contributed by atoms with E-state index in [9.17, 15) is 14.0 Å². The number of hydrogen-bond donors (Lipinski definition) is 1. The second kappa shape index (κ2) is 9.83. The molecule has 0 atom stereocenters. The first-order valence-corrected chi connectivity index (χ1v) is 10.5. The first kappa shape index (κ1) is 21.2. The fraction of sp³-hybridized carbons (Fsp3) is 0.304. The molecule has 1 aliphatic rings. The van der Waals surface area contributed by atoms with Crippen LogP contribution in [0.3, 0.4) is 0 Å². The second-order valence-corrected chi connectivity index (χ2v) is 8.13. The third-order valence-corrected chi connectivity index (χ3v) is 5.79. The molecular formula is C23H23BrFNO3. The molecular weight excluding hydrogens is 437 g/mol. The van der Waals surface area contributed by atoms with Gasteiger partial charge in [-0.1, -0.05) is 37.5 Å². The molecule has 0 saturated heterocycles. The molecule has 0 aliphatic heterocycles. The maximum absolute atomic E-state index is 14.0. The van der Waals surface area contributed by atoms with E-state index in [0.717, 1.165) is 38.2 Å². The third-order valence-electron chi connectivity index (χ3n) is 5.15. The van der Waals surface area contributed by atoms with E-state index in [-0.39, 0.29) is 24.2 Å². The van der Waals surface area contributed by atoms with Gasteiger partial charge in [0.2, 0.25) is 5.91 Å². The van der Waals surface area contributed by atoms with Crippen molar-refractivity contribution in [2.75, 3.05) is 4.90 Å². The number of aliphatic carboxylic acids is 1. The van der Waals surface area contributed by atoms with Gasteiger partial charge in [0, 0.05) is 17.7 Å². The molecule has 0 heterocycles. The lowest BCUT2D eigenvalue weighted by Gasteiger charge is -2.30. The van der Waals surface area contributed by atoms with Crippen molar-refractivity contribution in [3.8, 4) is 0 Å². The van der Waals surface area contributed by atoms with E-state index < -0.39 is 5.97 Å². The highest BCUT2D eigenvalue weighted by Gasteiger charge is 2.27. The first-order valence-electron chi connectivity index (χ1n) is 9.70. The molecule has 1 saturated carbocycles. The van der Waals surface area contributed by atoms with Crippen LogP contribution in [0.4, 0.5) is 10.1 Å². The van der Waals surface area contributed by atoms with Gasteiger partial charge in [-0.15, -0.1) is 0 Å². The maximum atomic E-state index is 14.0. The van der Waals surface area contributed by atoms with Crippen molar-refractivity contribution in [2.24, 2.45) is 5.92 Å². The third kappa shape index (κ3) is 5.76. The summed E-state index contributed by atoms with van der Waals surface area (Å²) in [7, 11) is 0. The van der Waals surface area contributed by atoms with Crippen LogP contribution in [0.1, 0.15) is 43.2 Å². The summed E-state index contributed by atoms with van der Waals surface area (Å²) in [6.07, 6.45) is 7.52. The SMILES string of the molecule is O=C(O)C=Cc1cccc(N(Cc2ccc(Br)c(F)c2)C(=O)C2CCCCC2)c1. The van der Waals surface area contributed by atoms with E-state index in [4.69, 9.17) is 5.11 Å². The second-order valence-electron chi connectivity index (χ2n) is 7.27. The summed E-state index contributed by atoms with van der Waals surface area (Å²) in [4.78, 5) is 25.9. The Bertz CT molecular complexity index is 922. The highest BCUT2D eigenvalue weighted by molar-refractivity contribution is 9.10. The fourth-order valence-corrected chi connectivity index (χ4v) is 3.90. The Morgan fingerprint density at radius 2 is 1.90 bits per heavy atom. The van der Waals surface area contributed by atoms with E-state index in [1.807, 2.05) is 6.07 Å². The number of carboxylic acid groups (broad SMARTS) is 1. The lowest BCUT2D eigenvalue weighted by Crippen LogP contribution is -2.36. The fourth-order valence-electron chi connectivity index (χ4n) is 3.65. The number of carboxylic acids is 1. The van der Waals surface area contributed by atoms with Crippen molar-refractivity contribution in [3.63, 3.8) is 0 Å². The summed E-state index contributed by atoms with van der Waals surface area (Å²) in [5.74, 6) is -1.41. The predicted molar refractivity (Wildman–Crippen MR) is 115 cm³/mol. The molecule has 1 fully saturated rings. The number of anilines is 1. The number of carbonyl (C=O) groups excluding carboxylic acids is 1. The van der Waals surface area contributed by atoms with Crippen molar-refractivity contribution in [2.45, 2.75) is 38.6 Å². The van der Waals surface area contributed by atoms with Crippen LogP contribution in [0.15, 0.2) is 53.0 Å². The molecule has 3 rings (SSSR count). The van der Waals surface area contributed by atoms with Crippen molar-refractivity contribution in [3.05, 3.63) is 70.0 Å². The minimum Gasteiger partial charge on any atom is -0.478 e. The average molecular weight is 460 g/mol. The highest BCUT2D eigenvalue weighted by atomic mass is 79.9. The van der Waals surface area contributed by atoms with E-state index in [2.05, 4.69) is 15.9 Å². The zero-order valence-corrected chi connectivity index (χ0v) is 17.6. The monoisotopic (exact) mass is 459 g/mol. The summed E-state index contributed by atoms with van der Waals surface area (Å²) in [5, 5.41) is 8.86. The van der Waals surface area contributed by atoms with Gasteiger partial charge in [-0.05, 0) is 70.2 Å². The molecule has 1 aliphatic carbocycles. The van der Waals surface area contributed by atoms with Gasteiger partial charge in [-0.2, -0.15) is 0 Å². The molecule has 2 aromatic carbocycles. The van der Waals surface area contributed by atoms with E-state index in [0.29, 0.717) is 21.3 Å². The minimum absolute atomic E-state index is 0.0346. The van der Waals surface area contributed by atoms with Crippen LogP contribution in [0.25, 0.3) is 6.08 Å². The maximum Gasteiger partial charge on any atom is 0.328 e. The summed E-state index contributed by atoms with van der Waals surface area (Å²) >= 11 is 3.16. The molecule has 0 unspecified atom stereocenters. The summed E-state index contributed by atoms with van der Waals surface area (Å²) in [6.45, 7) is 0.256. The standard InChI is InChI=1S/C23H23BrFNO3/c24-20-11-9-17(14-21(20)25)15-26(23(29)18-6-2-1-3-7-18)19-8-4-5-16(13-19)10-12-22(27)28/h4-5,8-14,18H,1-3,6-7,15H2,(H,27,28). The Kier molecular flexibility index (Phi) is 7.20. The molecule has 6 heteroatoms. The van der Waals surface area contributed by atoms with E-state index in [1.54, 1.807) is 35.2 Å². The molecule has 1 N–H and O–H groups in total. The largest absolute Gasteiger partial charge is 0.478 e. The topological polar surface area (TPSA) is 57.6 Å². The molecule has 0 aromatic heterocycles. The first-order chi connectivity index (χ1) is 13.9. The van der Waals surface area contributed by atoms with Gasteiger partial charge in [0.1, 0.15) is 5.82 Å². The predicted octanol–water partition coefficient (Wildman–Crippen LogP) is 5.80. The van der Waals surface area contributed by atoms with Crippen molar-refractivity contribution < 1.29 is 19.1 Å². The number of amides is 1. The number of hydrogen-bond acceptors (Lipinski definition) is 2. The Morgan fingerprint density at radius 3 is 2.59 bits per heavy atom. The summed E-state index contributed by atoms with van der Waals surface area (Å²) in [6, 6.07) is 12.1. The quantitative estimate of drug-likeness (QED) is 0.555. The van der Waals surface area contributed by atoms with Gasteiger partial charge in [0.05, 0.1) is 11.0 Å². The van der Waals surface area contributed by atoms with Crippen LogP contribution < -0.4 is 4.90 Å². The van der Waals surface area contributed by atoms with Crippen LogP contribution in [0, 0.1) is 11.7 Å². The molecule has 0 spiro atoms. The zero-order chi connectivity index (χ0) is 20.8. The van der Waals surface area contributed by atoms with Gasteiger partial charge in [-0.25, -0.2) is 9.18 Å². The zero-order valence-electron chi connectivity index (χ0n) is 16.0. The summed E-state index contributed by atoms with van der Waals surface area (Å²) in [5.41, 5.74) is 2.06. The van der Waals surface area contributed by atoms with E-state index >= 15 is 0 Å². The molecule has 1 amide bonds. The van der Waals surface area contributed by atoms with Crippen LogP contribution in [-0.2, 0) is 16.1 Å². The average Bonchev–Trinajstić information content (AvgIpc) is 2.73. The molecule has 29 heavy (non-hydrogen) atoms. The molecule has 4 nitrogen and oxygen atoms in total. The molecule has 2 aromatic rings. The molecule has 152 valence electrons. The Hall–Kier alpha value is -2.47. The van der Waals surface area contributed by atoms with Gasteiger partial charge in [0.15, 0.2) is 0 Å². The van der Waals surface area contributed by atoms with Crippen LogP contribution in [-0.4, -0.2) is 17.0 Å². The normalized spacial score (nSPS) is 14.8. The Balaban J connectivity index is 1.93. The lowest BCUT2D eigenvalue weighted by atomic mass is 9.88. The number of benzene rings is 2. The van der Waals surface area contributed by atoms with Crippen LogP contribution >= 0.6 is 15.9 Å². The number of halogens is 2. The molecule has 0 radical (unpaired) electrons. The van der Waals surface area contributed by atoms with Gasteiger partial charge in [-0.3, -0.25) is 4.79 Å². The summed E-state index contributed by atoms with van der Waals surface area (Å²) < 4.78 is 14.4. The smallest absolute Gasteiger partial charge is 0.328 e. The highest BCUT2D eigenvalue weighted by Crippen LogP contribution is 2.29. The van der Waals surface area contributed by atoms with Gasteiger partial charge < -0.3 is 10.0 Å². The lowest BCUT2D eigenvalue weighted by molar-refractivity contribution is -0.131.